The number of nitrogens with one attached hydrogen (secondary N) is 1. The third kappa shape index (κ3) is 61.7. The number of quaternary nitrogens is 1. The van der Waals surface area contributed by atoms with Crippen molar-refractivity contribution in [3.05, 3.63) is 60.8 Å². The number of amides is 1. The fourth-order valence-electron chi connectivity index (χ4n) is 9.75. The fourth-order valence-corrected chi connectivity index (χ4v) is 10.5. The molecule has 0 spiro atoms. The molecule has 3 unspecified atom stereocenters. The van der Waals surface area contributed by atoms with Crippen molar-refractivity contribution in [3.63, 3.8) is 0 Å². The van der Waals surface area contributed by atoms with E-state index in [1.807, 2.05) is 27.2 Å². The van der Waals surface area contributed by atoms with E-state index in [9.17, 15) is 19.4 Å². The molecule has 77 heavy (non-hydrogen) atoms. The van der Waals surface area contributed by atoms with Gasteiger partial charge in [0.2, 0.25) is 5.91 Å². The lowest BCUT2D eigenvalue weighted by molar-refractivity contribution is -0.870. The first-order chi connectivity index (χ1) is 37.5. The largest absolute Gasteiger partial charge is 0.472 e. The molecule has 0 aliphatic carbocycles. The standard InChI is InChI=1S/C68H129N2O6P/c1-6-8-10-12-14-16-18-20-22-24-25-26-27-28-29-30-31-32-33-34-35-36-37-38-39-40-41-42-43-44-45-46-48-50-52-54-56-58-60-62-68(72)69-66(65-76-77(73,74)75-64-63-70(3,4)5)67(71)61-59-57-55-53-51-49-47-23-21-19-17-15-13-11-9-7-2/h21,23,31-32,34-35,51,53,59,61,66-67,71H,6-20,22,24-30,33,36-50,52,54-58,60,62-65H2,1-5H3,(H-,69,72,73,74)/p+1/b23-21+,32-31-,35-34-,53-51+,61-59+. The Morgan fingerprint density at radius 2 is 0.753 bits per heavy atom. The Balaban J connectivity index is 3.97. The lowest BCUT2D eigenvalue weighted by Crippen LogP contribution is -2.45. The summed E-state index contributed by atoms with van der Waals surface area (Å²) in [4.78, 5) is 23.3. The van der Waals surface area contributed by atoms with Crippen LogP contribution < -0.4 is 5.32 Å². The highest BCUT2D eigenvalue weighted by Crippen LogP contribution is 2.43. The molecular formula is C68H130N2O6P+. The number of allylic oxidation sites excluding steroid dienone is 9. The molecule has 3 atom stereocenters. The molecule has 0 saturated carbocycles. The van der Waals surface area contributed by atoms with Crippen LogP contribution in [0.5, 0.6) is 0 Å². The summed E-state index contributed by atoms with van der Waals surface area (Å²) >= 11 is 0. The number of hydrogen-bond donors (Lipinski definition) is 3. The number of likely N-dealkylation sites (N-methyl/N-ethyl adjacent to an activating group) is 1. The van der Waals surface area contributed by atoms with Crippen molar-refractivity contribution in [1.29, 1.82) is 0 Å². The summed E-state index contributed by atoms with van der Waals surface area (Å²) in [5.41, 5.74) is 0. The summed E-state index contributed by atoms with van der Waals surface area (Å²) in [6.07, 6.45) is 80.9. The van der Waals surface area contributed by atoms with E-state index in [1.165, 1.54) is 244 Å². The monoisotopic (exact) mass is 1100 g/mol. The van der Waals surface area contributed by atoms with Crippen LogP contribution in [0.3, 0.4) is 0 Å². The average Bonchev–Trinajstić information content (AvgIpc) is 3.39. The highest BCUT2D eigenvalue weighted by Gasteiger charge is 2.28. The topological polar surface area (TPSA) is 105 Å². The zero-order chi connectivity index (χ0) is 56.3. The van der Waals surface area contributed by atoms with Gasteiger partial charge in [-0.3, -0.25) is 13.8 Å². The summed E-state index contributed by atoms with van der Waals surface area (Å²) in [6.45, 7) is 4.80. The Morgan fingerprint density at radius 3 is 1.12 bits per heavy atom. The van der Waals surface area contributed by atoms with Gasteiger partial charge in [-0.1, -0.05) is 293 Å². The maximum absolute atomic E-state index is 13.0. The summed E-state index contributed by atoms with van der Waals surface area (Å²) in [7, 11) is 1.55. The van der Waals surface area contributed by atoms with Crippen molar-refractivity contribution in [2.45, 2.75) is 328 Å². The number of hydrogen-bond acceptors (Lipinski definition) is 5. The van der Waals surface area contributed by atoms with Gasteiger partial charge in [0.05, 0.1) is 39.9 Å². The second-order valence-electron chi connectivity index (χ2n) is 23.8. The third-order valence-corrected chi connectivity index (χ3v) is 15.9. The molecule has 0 fully saturated rings. The molecule has 0 aliphatic heterocycles. The molecule has 9 heteroatoms. The number of rotatable bonds is 61. The van der Waals surface area contributed by atoms with Crippen molar-refractivity contribution < 1.29 is 32.9 Å². The minimum absolute atomic E-state index is 0.0529. The first kappa shape index (κ1) is 75.2. The third-order valence-electron chi connectivity index (χ3n) is 14.9. The van der Waals surface area contributed by atoms with E-state index in [2.05, 4.69) is 67.8 Å². The highest BCUT2D eigenvalue weighted by atomic mass is 31.2. The van der Waals surface area contributed by atoms with Crippen molar-refractivity contribution >= 4 is 13.7 Å². The minimum atomic E-state index is -4.36. The van der Waals surface area contributed by atoms with E-state index in [0.29, 0.717) is 17.4 Å². The molecule has 452 valence electrons. The Labute approximate surface area is 479 Å². The molecule has 1 amide bonds. The molecule has 0 saturated heterocycles. The van der Waals surface area contributed by atoms with Gasteiger partial charge in [0, 0.05) is 6.42 Å². The van der Waals surface area contributed by atoms with Crippen molar-refractivity contribution in [2.75, 3.05) is 40.9 Å². The summed E-state index contributed by atoms with van der Waals surface area (Å²) < 4.78 is 23.7. The lowest BCUT2D eigenvalue weighted by Gasteiger charge is -2.25. The smallest absolute Gasteiger partial charge is 0.387 e. The zero-order valence-electron chi connectivity index (χ0n) is 51.7. The molecule has 0 radical (unpaired) electrons. The van der Waals surface area contributed by atoms with Gasteiger partial charge < -0.3 is 19.8 Å². The van der Waals surface area contributed by atoms with Crippen molar-refractivity contribution in [3.8, 4) is 0 Å². The number of carbonyl (C=O) groups excluding carboxylic acids is 1. The van der Waals surface area contributed by atoms with Crippen molar-refractivity contribution in [1.82, 2.24) is 5.32 Å². The molecule has 0 bridgehead atoms. The molecular weight excluding hydrogens is 972 g/mol. The van der Waals surface area contributed by atoms with E-state index in [1.54, 1.807) is 6.08 Å². The number of aliphatic hydroxyl groups is 1. The second-order valence-corrected chi connectivity index (χ2v) is 25.3. The average molecular weight is 1100 g/mol. The summed E-state index contributed by atoms with van der Waals surface area (Å²) in [5.74, 6) is -0.189. The van der Waals surface area contributed by atoms with Crippen LogP contribution in [0.2, 0.25) is 0 Å². The Hall–Kier alpha value is -1.80. The van der Waals surface area contributed by atoms with Crippen LogP contribution in [0.25, 0.3) is 0 Å². The predicted molar refractivity (Wildman–Crippen MR) is 337 cm³/mol. The zero-order valence-corrected chi connectivity index (χ0v) is 52.6. The van der Waals surface area contributed by atoms with Crippen LogP contribution in [0.15, 0.2) is 60.8 Å². The van der Waals surface area contributed by atoms with E-state index in [0.717, 1.165) is 51.4 Å². The van der Waals surface area contributed by atoms with Gasteiger partial charge in [-0.25, -0.2) is 4.57 Å². The second kappa shape index (κ2) is 58.8. The van der Waals surface area contributed by atoms with Crippen molar-refractivity contribution in [2.24, 2.45) is 0 Å². The van der Waals surface area contributed by atoms with Crippen LogP contribution in [-0.4, -0.2) is 73.4 Å². The number of carbonyl (C=O) groups is 1. The maximum Gasteiger partial charge on any atom is 0.472 e. The quantitative estimate of drug-likeness (QED) is 0.0243. The molecule has 0 aliphatic rings. The predicted octanol–water partition coefficient (Wildman–Crippen LogP) is 20.8. The Kier molecular flexibility index (Phi) is 57.5. The van der Waals surface area contributed by atoms with Gasteiger partial charge in [0.25, 0.3) is 0 Å². The normalized spacial score (nSPS) is 14.1. The van der Waals surface area contributed by atoms with Gasteiger partial charge in [-0.15, -0.1) is 0 Å². The van der Waals surface area contributed by atoms with Crippen LogP contribution in [-0.2, 0) is 18.4 Å². The van der Waals surface area contributed by atoms with Crippen LogP contribution in [0, 0.1) is 0 Å². The first-order valence-corrected chi connectivity index (χ1v) is 34.7. The SMILES string of the molecule is CCCCCCCC/C=C/CC/C=C/CC/C=C/C(O)C(COP(=O)(O)OCC[N+](C)(C)C)NC(=O)CCCCCCCCCCCCCCCCCCC/C=C\C/C=C\CCCCCCCCCCCCCCCCC. The maximum atomic E-state index is 13.0. The Morgan fingerprint density at radius 1 is 0.442 bits per heavy atom. The van der Waals surface area contributed by atoms with Crippen LogP contribution in [0.1, 0.15) is 316 Å². The molecule has 8 nitrogen and oxygen atoms in total. The van der Waals surface area contributed by atoms with E-state index in [-0.39, 0.29) is 19.1 Å². The highest BCUT2D eigenvalue weighted by molar-refractivity contribution is 7.47. The first-order valence-electron chi connectivity index (χ1n) is 33.2. The molecule has 0 aromatic carbocycles. The van der Waals surface area contributed by atoms with E-state index < -0.39 is 20.0 Å². The summed E-state index contributed by atoms with van der Waals surface area (Å²) in [5, 5.41) is 13.9. The van der Waals surface area contributed by atoms with Gasteiger partial charge in [-0.2, -0.15) is 0 Å². The lowest BCUT2D eigenvalue weighted by atomic mass is 10.0. The number of nitrogens with zero attached hydrogens (tertiary/aromatic N) is 1. The molecule has 0 rings (SSSR count). The Bertz CT molecular complexity index is 1440. The van der Waals surface area contributed by atoms with Crippen LogP contribution in [0.4, 0.5) is 0 Å². The number of unbranched alkanes of at least 4 members (excludes halogenated alkanes) is 40. The molecule has 3 N–H and O–H groups in total. The molecule has 0 heterocycles. The number of phosphoric ester groups is 1. The van der Waals surface area contributed by atoms with Crippen LogP contribution >= 0.6 is 7.82 Å². The summed E-state index contributed by atoms with van der Waals surface area (Å²) in [6, 6.07) is -0.871. The van der Waals surface area contributed by atoms with Gasteiger partial charge in [0.15, 0.2) is 0 Å². The molecule has 0 aromatic rings. The molecule has 0 aromatic heterocycles. The number of aliphatic hydroxyl groups excluding tert-OH is 1. The minimum Gasteiger partial charge on any atom is -0.387 e. The van der Waals surface area contributed by atoms with Gasteiger partial charge >= 0.3 is 7.82 Å². The van der Waals surface area contributed by atoms with Gasteiger partial charge in [0.1, 0.15) is 13.2 Å². The van der Waals surface area contributed by atoms with Gasteiger partial charge in [-0.05, 0) is 77.0 Å². The fraction of sp³-hybridized carbons (Fsp3) is 0.838. The van der Waals surface area contributed by atoms with E-state index in [4.69, 9.17) is 9.05 Å². The number of phosphoric acid groups is 1. The van der Waals surface area contributed by atoms with E-state index >= 15 is 0 Å².